The molecule has 1 spiro atoms. The van der Waals surface area contributed by atoms with Crippen molar-refractivity contribution >= 4 is 0 Å². The molecule has 0 saturated carbocycles. The van der Waals surface area contributed by atoms with Crippen molar-refractivity contribution in [2.24, 2.45) is 5.41 Å². The Kier molecular flexibility index (Phi) is 4.81. The smallest absolute Gasteiger partial charge is 0.119 e. The second-order valence-electron chi connectivity index (χ2n) is 6.53. The molecule has 2 saturated heterocycles. The van der Waals surface area contributed by atoms with Gasteiger partial charge in [-0.1, -0.05) is 19.1 Å². The maximum absolute atomic E-state index is 5.91. The molecule has 0 N–H and O–H groups in total. The first-order chi connectivity index (χ1) is 10.3. The van der Waals surface area contributed by atoms with Crippen LogP contribution < -0.4 is 4.74 Å². The monoisotopic (exact) mass is 289 g/mol. The molecule has 0 bridgehead atoms. The molecule has 0 radical (unpaired) electrons. The number of hydrogen-bond donors (Lipinski definition) is 0. The lowest BCUT2D eigenvalue weighted by Crippen LogP contribution is -2.36. The van der Waals surface area contributed by atoms with E-state index in [1.165, 1.54) is 37.9 Å². The van der Waals surface area contributed by atoms with Crippen molar-refractivity contribution in [2.75, 3.05) is 39.5 Å². The van der Waals surface area contributed by atoms with E-state index < -0.39 is 0 Å². The fourth-order valence-electron chi connectivity index (χ4n) is 3.60. The Morgan fingerprint density at radius 3 is 3.10 bits per heavy atom. The number of benzene rings is 1. The third-order valence-corrected chi connectivity index (χ3v) is 4.90. The highest BCUT2D eigenvalue weighted by Crippen LogP contribution is 2.37. The predicted molar refractivity (Wildman–Crippen MR) is 84.9 cm³/mol. The molecule has 2 fully saturated rings. The molecule has 3 nitrogen and oxygen atoms in total. The minimum absolute atomic E-state index is 0.445. The third kappa shape index (κ3) is 3.78. The number of nitrogens with zero attached hydrogens (tertiary/aromatic N) is 1. The van der Waals surface area contributed by atoms with E-state index in [2.05, 4.69) is 36.1 Å². The maximum atomic E-state index is 5.91. The van der Waals surface area contributed by atoms with Crippen LogP contribution >= 0.6 is 0 Å². The van der Waals surface area contributed by atoms with E-state index in [1.807, 2.05) is 0 Å². The van der Waals surface area contributed by atoms with Gasteiger partial charge in [-0.05, 0) is 49.9 Å². The Labute approximate surface area is 128 Å². The van der Waals surface area contributed by atoms with Gasteiger partial charge in [-0.2, -0.15) is 0 Å². The average molecular weight is 289 g/mol. The fourth-order valence-corrected chi connectivity index (χ4v) is 3.60. The molecule has 3 heteroatoms. The summed E-state index contributed by atoms with van der Waals surface area (Å²) in [5.74, 6) is 1.00. The minimum Gasteiger partial charge on any atom is -0.492 e. The summed E-state index contributed by atoms with van der Waals surface area (Å²) in [4.78, 5) is 2.54. The molecule has 0 aromatic heterocycles. The number of ether oxygens (including phenoxy) is 2. The van der Waals surface area contributed by atoms with Gasteiger partial charge in [0.2, 0.25) is 0 Å². The van der Waals surface area contributed by atoms with E-state index in [0.29, 0.717) is 5.41 Å². The lowest BCUT2D eigenvalue weighted by Gasteiger charge is -2.33. The van der Waals surface area contributed by atoms with Crippen LogP contribution in [0.15, 0.2) is 24.3 Å². The van der Waals surface area contributed by atoms with E-state index >= 15 is 0 Å². The van der Waals surface area contributed by atoms with Gasteiger partial charge in [-0.25, -0.2) is 0 Å². The summed E-state index contributed by atoms with van der Waals surface area (Å²) >= 11 is 0. The van der Waals surface area contributed by atoms with Crippen LogP contribution in [0.3, 0.4) is 0 Å². The molecule has 1 aromatic carbocycles. The van der Waals surface area contributed by atoms with Gasteiger partial charge in [0.1, 0.15) is 12.4 Å². The number of rotatable bonds is 5. The lowest BCUT2D eigenvalue weighted by molar-refractivity contribution is -0.00256. The van der Waals surface area contributed by atoms with Crippen LogP contribution in [0.25, 0.3) is 0 Å². The Morgan fingerprint density at radius 2 is 2.29 bits per heavy atom. The number of likely N-dealkylation sites (tertiary alicyclic amines) is 1. The SMILES string of the molecule is CCc1cccc(OCCN2CCC3(CCCOC3)C2)c1. The second-order valence-corrected chi connectivity index (χ2v) is 6.53. The third-order valence-electron chi connectivity index (χ3n) is 4.90. The average Bonchev–Trinajstić information content (AvgIpc) is 2.91. The molecule has 0 aliphatic carbocycles. The molecule has 2 aliphatic rings. The lowest BCUT2D eigenvalue weighted by atomic mass is 9.82. The van der Waals surface area contributed by atoms with Crippen LogP contribution in [0.5, 0.6) is 5.75 Å². The van der Waals surface area contributed by atoms with Gasteiger partial charge in [-0.3, -0.25) is 4.90 Å². The Hall–Kier alpha value is -1.06. The second kappa shape index (κ2) is 6.80. The van der Waals surface area contributed by atoms with Crippen LogP contribution in [-0.4, -0.2) is 44.4 Å². The molecule has 1 atom stereocenters. The summed E-state index contributed by atoms with van der Waals surface area (Å²) in [6.45, 7) is 8.28. The molecular weight excluding hydrogens is 262 g/mol. The number of aryl methyl sites for hydroxylation is 1. The molecule has 0 amide bonds. The normalized spacial score (nSPS) is 26.3. The number of hydrogen-bond acceptors (Lipinski definition) is 3. The zero-order valence-electron chi connectivity index (χ0n) is 13.1. The highest BCUT2D eigenvalue weighted by atomic mass is 16.5. The first-order valence-electron chi connectivity index (χ1n) is 8.32. The van der Waals surface area contributed by atoms with Crippen molar-refractivity contribution in [1.82, 2.24) is 4.90 Å². The Bertz CT molecular complexity index is 454. The van der Waals surface area contributed by atoms with Crippen molar-refractivity contribution in [3.8, 4) is 5.75 Å². The van der Waals surface area contributed by atoms with Gasteiger partial charge in [-0.15, -0.1) is 0 Å². The van der Waals surface area contributed by atoms with Crippen LogP contribution in [0, 0.1) is 5.41 Å². The van der Waals surface area contributed by atoms with Crippen LogP contribution in [0.2, 0.25) is 0 Å². The van der Waals surface area contributed by atoms with Gasteiger partial charge in [0.25, 0.3) is 0 Å². The topological polar surface area (TPSA) is 21.7 Å². The summed E-state index contributed by atoms with van der Waals surface area (Å²) in [6, 6.07) is 8.44. The van der Waals surface area contributed by atoms with Crippen LogP contribution in [0.1, 0.15) is 31.7 Å². The summed E-state index contributed by atoms with van der Waals surface area (Å²) in [7, 11) is 0. The van der Waals surface area contributed by atoms with Crippen LogP contribution in [0.4, 0.5) is 0 Å². The summed E-state index contributed by atoms with van der Waals surface area (Å²) in [6.07, 6.45) is 4.92. The Morgan fingerprint density at radius 1 is 1.33 bits per heavy atom. The first kappa shape index (κ1) is 14.9. The largest absolute Gasteiger partial charge is 0.492 e. The molecule has 3 rings (SSSR count). The molecule has 21 heavy (non-hydrogen) atoms. The highest BCUT2D eigenvalue weighted by molar-refractivity contribution is 5.28. The van der Waals surface area contributed by atoms with Crippen LogP contribution in [-0.2, 0) is 11.2 Å². The molecular formula is C18H27NO2. The molecule has 2 aliphatic heterocycles. The quantitative estimate of drug-likeness (QED) is 0.831. The van der Waals surface area contributed by atoms with Crippen molar-refractivity contribution in [3.05, 3.63) is 29.8 Å². The van der Waals surface area contributed by atoms with E-state index in [9.17, 15) is 0 Å². The van der Waals surface area contributed by atoms with Gasteiger partial charge >= 0.3 is 0 Å². The predicted octanol–water partition coefficient (Wildman–Crippen LogP) is 3.13. The Balaban J connectivity index is 1.43. The standard InChI is InChI=1S/C18H27NO2/c1-2-16-5-3-6-17(13-16)21-12-10-19-9-8-18(14-19)7-4-11-20-15-18/h3,5-6,13H,2,4,7-12,14-15H2,1H3. The van der Waals surface area contributed by atoms with Crippen molar-refractivity contribution in [1.29, 1.82) is 0 Å². The zero-order valence-corrected chi connectivity index (χ0v) is 13.1. The van der Waals surface area contributed by atoms with Crippen molar-refractivity contribution in [2.45, 2.75) is 32.6 Å². The van der Waals surface area contributed by atoms with Gasteiger partial charge in [0.15, 0.2) is 0 Å². The van der Waals surface area contributed by atoms with E-state index in [1.54, 1.807) is 0 Å². The van der Waals surface area contributed by atoms with Crippen molar-refractivity contribution in [3.63, 3.8) is 0 Å². The van der Waals surface area contributed by atoms with Gasteiger partial charge in [0, 0.05) is 25.1 Å². The fraction of sp³-hybridized carbons (Fsp3) is 0.667. The van der Waals surface area contributed by atoms with Crippen molar-refractivity contribution < 1.29 is 9.47 Å². The summed E-state index contributed by atoms with van der Waals surface area (Å²) < 4.78 is 11.6. The molecule has 1 aromatic rings. The highest BCUT2D eigenvalue weighted by Gasteiger charge is 2.39. The molecule has 116 valence electrons. The van der Waals surface area contributed by atoms with E-state index in [0.717, 1.165) is 38.5 Å². The first-order valence-corrected chi connectivity index (χ1v) is 8.32. The minimum atomic E-state index is 0.445. The van der Waals surface area contributed by atoms with E-state index in [4.69, 9.17) is 9.47 Å². The summed E-state index contributed by atoms with van der Waals surface area (Å²) in [5.41, 5.74) is 1.78. The molecule has 2 heterocycles. The van der Waals surface area contributed by atoms with E-state index in [-0.39, 0.29) is 0 Å². The van der Waals surface area contributed by atoms with Gasteiger partial charge in [0.05, 0.1) is 6.61 Å². The van der Waals surface area contributed by atoms with Gasteiger partial charge < -0.3 is 9.47 Å². The summed E-state index contributed by atoms with van der Waals surface area (Å²) in [5, 5.41) is 0. The zero-order chi connectivity index (χ0) is 14.5. The molecule has 1 unspecified atom stereocenters. The maximum Gasteiger partial charge on any atom is 0.119 e.